The third-order valence-corrected chi connectivity index (χ3v) is 3.03. The first-order valence-corrected chi connectivity index (χ1v) is 6.30. The molecule has 4 nitrogen and oxygen atoms in total. The number of esters is 1. The van der Waals surface area contributed by atoms with Gasteiger partial charge in [0, 0.05) is 12.8 Å². The van der Waals surface area contributed by atoms with Crippen molar-refractivity contribution in [2.45, 2.75) is 32.3 Å². The van der Waals surface area contributed by atoms with Gasteiger partial charge in [0.1, 0.15) is 5.75 Å². The first-order valence-electron chi connectivity index (χ1n) is 6.30. The molecule has 0 spiro atoms. The van der Waals surface area contributed by atoms with E-state index in [0.717, 1.165) is 23.3 Å². The molecule has 1 N–H and O–H groups in total. The lowest BCUT2D eigenvalue weighted by molar-refractivity contribution is -0.143. The van der Waals surface area contributed by atoms with Gasteiger partial charge in [0.2, 0.25) is 0 Å². The van der Waals surface area contributed by atoms with Gasteiger partial charge in [-0.05, 0) is 36.6 Å². The normalized spacial score (nSPS) is 14.8. The topological polar surface area (TPSA) is 55.8 Å². The average molecular weight is 250 g/mol. The third-order valence-electron chi connectivity index (χ3n) is 3.03. The zero-order valence-corrected chi connectivity index (χ0v) is 10.5. The van der Waals surface area contributed by atoms with E-state index in [4.69, 9.17) is 9.47 Å². The van der Waals surface area contributed by atoms with Crippen LogP contribution in [0, 0.1) is 0 Å². The summed E-state index contributed by atoms with van der Waals surface area (Å²) in [5, 5.41) is 10.0. The number of carbonyl (C=O) groups excluding carboxylic acids is 1. The molecule has 0 radical (unpaired) electrons. The summed E-state index contributed by atoms with van der Waals surface area (Å²) in [6.45, 7) is 2.86. The van der Waals surface area contributed by atoms with Crippen molar-refractivity contribution >= 4 is 5.97 Å². The zero-order valence-electron chi connectivity index (χ0n) is 10.5. The van der Waals surface area contributed by atoms with Crippen LogP contribution in [-0.2, 0) is 16.0 Å². The van der Waals surface area contributed by atoms with Crippen LogP contribution in [0.15, 0.2) is 18.2 Å². The van der Waals surface area contributed by atoms with Gasteiger partial charge in [0.15, 0.2) is 0 Å². The quantitative estimate of drug-likeness (QED) is 0.812. The van der Waals surface area contributed by atoms with Gasteiger partial charge in [-0.3, -0.25) is 4.79 Å². The largest absolute Gasteiger partial charge is 0.493 e. The second-order valence-corrected chi connectivity index (χ2v) is 4.33. The van der Waals surface area contributed by atoms with Crippen molar-refractivity contribution in [1.29, 1.82) is 0 Å². The number of hydrogen-bond donors (Lipinski definition) is 1. The van der Waals surface area contributed by atoms with Gasteiger partial charge in [-0.15, -0.1) is 0 Å². The highest BCUT2D eigenvalue weighted by Gasteiger charge is 2.16. The molecule has 0 fully saturated rings. The molecular formula is C14H18O4. The van der Waals surface area contributed by atoms with E-state index >= 15 is 0 Å². The van der Waals surface area contributed by atoms with Crippen LogP contribution in [0.5, 0.6) is 5.75 Å². The van der Waals surface area contributed by atoms with E-state index in [2.05, 4.69) is 0 Å². The van der Waals surface area contributed by atoms with E-state index in [1.54, 1.807) is 6.92 Å². The molecule has 0 saturated carbocycles. The summed E-state index contributed by atoms with van der Waals surface area (Å²) in [5.41, 5.74) is 1.96. The molecule has 0 aromatic heterocycles. The van der Waals surface area contributed by atoms with Gasteiger partial charge < -0.3 is 14.6 Å². The fourth-order valence-electron chi connectivity index (χ4n) is 2.07. The van der Waals surface area contributed by atoms with Crippen molar-refractivity contribution in [3.05, 3.63) is 29.3 Å². The molecule has 1 aliphatic rings. The highest BCUT2D eigenvalue weighted by atomic mass is 16.5. The minimum atomic E-state index is -0.625. The lowest BCUT2D eigenvalue weighted by atomic mass is 10.0. The maximum Gasteiger partial charge on any atom is 0.305 e. The summed E-state index contributed by atoms with van der Waals surface area (Å²) in [6.07, 6.45) is 0.884. The minimum absolute atomic E-state index is 0.239. The second-order valence-electron chi connectivity index (χ2n) is 4.33. The van der Waals surface area contributed by atoms with Gasteiger partial charge >= 0.3 is 5.97 Å². The molecule has 1 atom stereocenters. The molecule has 1 unspecified atom stereocenters. The average Bonchev–Trinajstić information content (AvgIpc) is 2.83. The Balaban J connectivity index is 1.92. The number of fused-ring (bicyclic) bond motifs is 1. The van der Waals surface area contributed by atoms with Crippen LogP contribution in [0.1, 0.15) is 37.0 Å². The molecule has 0 bridgehead atoms. The van der Waals surface area contributed by atoms with Crippen LogP contribution in [0.4, 0.5) is 0 Å². The minimum Gasteiger partial charge on any atom is -0.493 e. The number of aliphatic hydroxyl groups is 1. The Morgan fingerprint density at radius 1 is 1.56 bits per heavy atom. The number of rotatable bonds is 5. The van der Waals surface area contributed by atoms with Crippen LogP contribution >= 0.6 is 0 Å². The monoisotopic (exact) mass is 250 g/mol. The van der Waals surface area contributed by atoms with E-state index < -0.39 is 6.10 Å². The number of carbonyl (C=O) groups is 1. The van der Waals surface area contributed by atoms with Gasteiger partial charge in [0.25, 0.3) is 0 Å². The Kier molecular flexibility index (Phi) is 4.20. The summed E-state index contributed by atoms with van der Waals surface area (Å²) in [5.74, 6) is 0.636. The summed E-state index contributed by atoms with van der Waals surface area (Å²) in [7, 11) is 0. The number of aliphatic hydroxyl groups excluding tert-OH is 1. The predicted molar refractivity (Wildman–Crippen MR) is 66.5 cm³/mol. The summed E-state index contributed by atoms with van der Waals surface area (Å²) in [4.78, 5) is 11.2. The lowest BCUT2D eigenvalue weighted by Crippen LogP contribution is -2.07. The first-order chi connectivity index (χ1) is 8.70. The van der Waals surface area contributed by atoms with E-state index in [1.807, 2.05) is 18.2 Å². The molecule has 2 rings (SSSR count). The molecular weight excluding hydrogens is 232 g/mol. The molecule has 1 heterocycles. The fraction of sp³-hybridized carbons (Fsp3) is 0.500. The number of ether oxygens (including phenoxy) is 2. The zero-order chi connectivity index (χ0) is 13.0. The van der Waals surface area contributed by atoms with Crippen molar-refractivity contribution in [2.75, 3.05) is 13.2 Å². The maximum atomic E-state index is 11.2. The van der Waals surface area contributed by atoms with E-state index in [-0.39, 0.29) is 12.4 Å². The van der Waals surface area contributed by atoms with Crippen LogP contribution in [0.25, 0.3) is 0 Å². The molecule has 0 saturated heterocycles. The Labute approximate surface area is 107 Å². The lowest BCUT2D eigenvalue weighted by Gasteiger charge is -2.11. The molecule has 98 valence electrons. The van der Waals surface area contributed by atoms with E-state index in [9.17, 15) is 9.90 Å². The highest BCUT2D eigenvalue weighted by Crippen LogP contribution is 2.29. The number of benzene rings is 1. The van der Waals surface area contributed by atoms with E-state index in [1.165, 1.54) is 0 Å². The summed E-state index contributed by atoms with van der Waals surface area (Å²) < 4.78 is 10.2. The molecule has 0 amide bonds. The van der Waals surface area contributed by atoms with Crippen LogP contribution in [0.3, 0.4) is 0 Å². The second kappa shape index (κ2) is 5.87. The molecule has 1 aliphatic heterocycles. The Morgan fingerprint density at radius 3 is 3.17 bits per heavy atom. The SMILES string of the molecule is CCOC(=O)CCC(O)c1ccc2c(c1)CCO2. The van der Waals surface area contributed by atoms with Crippen molar-refractivity contribution in [3.8, 4) is 5.75 Å². The van der Waals surface area contributed by atoms with Gasteiger partial charge in [-0.2, -0.15) is 0 Å². The Morgan fingerprint density at radius 2 is 2.39 bits per heavy atom. The van der Waals surface area contributed by atoms with Gasteiger partial charge in [0.05, 0.1) is 19.3 Å². The fourth-order valence-corrected chi connectivity index (χ4v) is 2.07. The smallest absolute Gasteiger partial charge is 0.305 e. The summed E-state index contributed by atoms with van der Waals surface area (Å²) in [6, 6.07) is 5.68. The maximum absolute atomic E-state index is 11.2. The molecule has 18 heavy (non-hydrogen) atoms. The summed E-state index contributed by atoms with van der Waals surface area (Å²) >= 11 is 0. The van der Waals surface area contributed by atoms with Crippen molar-refractivity contribution < 1.29 is 19.4 Å². The van der Waals surface area contributed by atoms with Crippen LogP contribution < -0.4 is 4.74 Å². The highest BCUT2D eigenvalue weighted by molar-refractivity contribution is 5.69. The standard InChI is InChI=1S/C14H18O4/c1-2-17-14(16)6-4-12(15)10-3-5-13-11(9-10)7-8-18-13/h3,5,9,12,15H,2,4,6-8H2,1H3. The Bertz CT molecular complexity index is 428. The van der Waals surface area contributed by atoms with Crippen molar-refractivity contribution in [3.63, 3.8) is 0 Å². The Hall–Kier alpha value is -1.55. The van der Waals surface area contributed by atoms with Crippen LogP contribution in [-0.4, -0.2) is 24.3 Å². The van der Waals surface area contributed by atoms with Gasteiger partial charge in [-0.1, -0.05) is 6.07 Å². The molecule has 0 aliphatic carbocycles. The predicted octanol–water partition coefficient (Wildman–Crippen LogP) is 2.00. The third kappa shape index (κ3) is 3.01. The van der Waals surface area contributed by atoms with Crippen molar-refractivity contribution in [1.82, 2.24) is 0 Å². The first kappa shape index (κ1) is 12.9. The van der Waals surface area contributed by atoms with Crippen LogP contribution in [0.2, 0.25) is 0 Å². The van der Waals surface area contributed by atoms with Crippen molar-refractivity contribution in [2.24, 2.45) is 0 Å². The molecule has 1 aromatic carbocycles. The number of hydrogen-bond acceptors (Lipinski definition) is 4. The van der Waals surface area contributed by atoms with E-state index in [0.29, 0.717) is 19.6 Å². The molecule has 4 heteroatoms. The molecule has 1 aromatic rings. The van der Waals surface area contributed by atoms with Gasteiger partial charge in [-0.25, -0.2) is 0 Å².